The summed E-state index contributed by atoms with van der Waals surface area (Å²) >= 11 is 0. The number of rotatable bonds is 3. The van der Waals surface area contributed by atoms with Gasteiger partial charge < -0.3 is 14.5 Å². The molecule has 1 saturated heterocycles. The molecule has 0 unspecified atom stereocenters. The van der Waals surface area contributed by atoms with Crippen LogP contribution in [0.2, 0.25) is 0 Å². The topological polar surface area (TPSA) is 63.5 Å². The number of ether oxygens (including phenoxy) is 1. The molecule has 0 saturated carbocycles. The second-order valence-corrected chi connectivity index (χ2v) is 8.92. The molecule has 0 aliphatic carbocycles. The van der Waals surface area contributed by atoms with Crippen molar-refractivity contribution in [3.05, 3.63) is 54.6 Å². The number of piperazine rings is 1. The van der Waals surface area contributed by atoms with Gasteiger partial charge in [-0.05, 0) is 57.2 Å². The van der Waals surface area contributed by atoms with Crippen LogP contribution in [0.4, 0.5) is 14.9 Å². The summed E-state index contributed by atoms with van der Waals surface area (Å²) in [6.45, 7) is 8.07. The van der Waals surface area contributed by atoms with Gasteiger partial charge in [-0.15, -0.1) is 0 Å². The standard InChI is InChI=1S/C24H28FN5O2/c1-24(2,3)32-23(31)30-13-11-29(12-14-30)22-16-26-21(17-5-7-18(25)8-6-17)15-19(22)20-9-10-28(4)27-20/h5-10,15-16H,11-14H2,1-4H3. The minimum atomic E-state index is -0.513. The van der Waals surface area contributed by atoms with E-state index in [0.717, 1.165) is 28.2 Å². The molecule has 1 aliphatic rings. The maximum Gasteiger partial charge on any atom is 0.410 e. The monoisotopic (exact) mass is 437 g/mol. The Bertz CT molecular complexity index is 1100. The van der Waals surface area contributed by atoms with Crippen LogP contribution < -0.4 is 4.90 Å². The predicted molar refractivity (Wildman–Crippen MR) is 122 cm³/mol. The van der Waals surface area contributed by atoms with Crippen molar-refractivity contribution in [1.82, 2.24) is 19.7 Å². The fourth-order valence-corrected chi connectivity index (χ4v) is 3.70. The summed E-state index contributed by atoms with van der Waals surface area (Å²) in [6, 6.07) is 10.3. The quantitative estimate of drug-likeness (QED) is 0.610. The molecule has 2 aromatic heterocycles. The van der Waals surface area contributed by atoms with Crippen molar-refractivity contribution in [1.29, 1.82) is 0 Å². The van der Waals surface area contributed by atoms with E-state index in [-0.39, 0.29) is 11.9 Å². The molecule has 32 heavy (non-hydrogen) atoms. The van der Waals surface area contributed by atoms with E-state index in [2.05, 4.69) is 15.0 Å². The molecule has 1 aliphatic heterocycles. The highest BCUT2D eigenvalue weighted by Crippen LogP contribution is 2.33. The molecule has 8 heteroatoms. The number of benzene rings is 1. The Hall–Kier alpha value is -3.42. The zero-order valence-electron chi connectivity index (χ0n) is 18.9. The van der Waals surface area contributed by atoms with Gasteiger partial charge in [-0.2, -0.15) is 5.10 Å². The number of amides is 1. The molecule has 0 spiro atoms. The minimum absolute atomic E-state index is 0.279. The van der Waals surface area contributed by atoms with Crippen LogP contribution >= 0.6 is 0 Å². The number of pyridine rings is 1. The molecular formula is C24H28FN5O2. The van der Waals surface area contributed by atoms with Crippen LogP contribution in [0.25, 0.3) is 22.5 Å². The molecule has 1 amide bonds. The minimum Gasteiger partial charge on any atom is -0.444 e. The van der Waals surface area contributed by atoms with Gasteiger partial charge in [-0.1, -0.05) is 0 Å². The van der Waals surface area contributed by atoms with Crippen molar-refractivity contribution in [3.8, 4) is 22.5 Å². The van der Waals surface area contributed by atoms with E-state index in [0.29, 0.717) is 26.2 Å². The fourth-order valence-electron chi connectivity index (χ4n) is 3.70. The highest BCUT2D eigenvalue weighted by Gasteiger charge is 2.27. The van der Waals surface area contributed by atoms with Crippen LogP contribution in [0.3, 0.4) is 0 Å². The highest BCUT2D eigenvalue weighted by atomic mass is 19.1. The molecule has 0 bridgehead atoms. The van der Waals surface area contributed by atoms with Gasteiger partial charge in [0.05, 0.1) is 23.3 Å². The van der Waals surface area contributed by atoms with Crippen molar-refractivity contribution < 1.29 is 13.9 Å². The largest absolute Gasteiger partial charge is 0.444 e. The van der Waals surface area contributed by atoms with Crippen LogP contribution in [0, 0.1) is 5.82 Å². The molecule has 3 aromatic rings. The van der Waals surface area contributed by atoms with E-state index in [4.69, 9.17) is 4.74 Å². The summed E-state index contributed by atoms with van der Waals surface area (Å²) in [4.78, 5) is 21.0. The third-order valence-corrected chi connectivity index (χ3v) is 5.28. The van der Waals surface area contributed by atoms with Gasteiger partial charge in [0, 0.05) is 50.6 Å². The molecule has 1 aromatic carbocycles. The third-order valence-electron chi connectivity index (χ3n) is 5.28. The SMILES string of the molecule is Cn1ccc(-c2cc(-c3ccc(F)cc3)ncc2N2CCN(C(=O)OC(C)(C)C)CC2)n1. The fraction of sp³-hybridized carbons (Fsp3) is 0.375. The molecule has 4 rings (SSSR count). The molecule has 7 nitrogen and oxygen atoms in total. The van der Waals surface area contributed by atoms with Crippen LogP contribution in [-0.2, 0) is 11.8 Å². The Kier molecular flexibility index (Phi) is 5.86. The first kappa shape index (κ1) is 21.8. The molecule has 168 valence electrons. The summed E-state index contributed by atoms with van der Waals surface area (Å²) in [6.07, 6.45) is 3.45. The normalized spacial score (nSPS) is 14.5. The van der Waals surface area contributed by atoms with Crippen LogP contribution in [0.15, 0.2) is 48.8 Å². The van der Waals surface area contributed by atoms with Gasteiger partial charge in [-0.25, -0.2) is 9.18 Å². The average Bonchev–Trinajstić information content (AvgIpc) is 3.19. The number of aromatic nitrogens is 3. The maximum atomic E-state index is 13.4. The van der Waals surface area contributed by atoms with Crippen molar-refractivity contribution in [2.24, 2.45) is 7.05 Å². The number of aryl methyl sites for hydroxylation is 1. The molecule has 1 fully saturated rings. The molecule has 0 N–H and O–H groups in total. The first-order chi connectivity index (χ1) is 15.2. The number of hydrogen-bond acceptors (Lipinski definition) is 5. The summed E-state index contributed by atoms with van der Waals surface area (Å²) in [7, 11) is 1.88. The number of carbonyl (C=O) groups excluding carboxylic acids is 1. The lowest BCUT2D eigenvalue weighted by molar-refractivity contribution is 0.0240. The zero-order valence-corrected chi connectivity index (χ0v) is 18.9. The van der Waals surface area contributed by atoms with Gasteiger partial charge in [-0.3, -0.25) is 9.67 Å². The first-order valence-electron chi connectivity index (χ1n) is 10.7. The van der Waals surface area contributed by atoms with E-state index in [1.807, 2.05) is 52.3 Å². The number of anilines is 1. The van der Waals surface area contributed by atoms with E-state index in [9.17, 15) is 9.18 Å². The smallest absolute Gasteiger partial charge is 0.410 e. The Morgan fingerprint density at radius 2 is 1.72 bits per heavy atom. The molecular weight excluding hydrogens is 409 g/mol. The zero-order chi connectivity index (χ0) is 22.9. The van der Waals surface area contributed by atoms with E-state index in [1.165, 1.54) is 12.1 Å². The Morgan fingerprint density at radius 3 is 2.31 bits per heavy atom. The molecule has 0 atom stereocenters. The van der Waals surface area contributed by atoms with E-state index in [1.54, 1.807) is 21.7 Å². The number of carbonyl (C=O) groups is 1. The van der Waals surface area contributed by atoms with Gasteiger partial charge in [0.1, 0.15) is 11.4 Å². The Morgan fingerprint density at radius 1 is 1.03 bits per heavy atom. The van der Waals surface area contributed by atoms with Gasteiger partial charge >= 0.3 is 6.09 Å². The lowest BCUT2D eigenvalue weighted by Crippen LogP contribution is -2.50. The lowest BCUT2D eigenvalue weighted by Gasteiger charge is -2.37. The summed E-state index contributed by atoms with van der Waals surface area (Å²) < 4.78 is 20.6. The first-order valence-corrected chi connectivity index (χ1v) is 10.7. The second kappa shape index (κ2) is 8.61. The van der Waals surface area contributed by atoms with Crippen LogP contribution in [-0.4, -0.2) is 57.5 Å². The summed E-state index contributed by atoms with van der Waals surface area (Å²) in [5, 5.41) is 4.59. The van der Waals surface area contributed by atoms with Crippen molar-refractivity contribution in [2.45, 2.75) is 26.4 Å². The van der Waals surface area contributed by atoms with Gasteiger partial charge in [0.2, 0.25) is 0 Å². The van der Waals surface area contributed by atoms with Crippen LogP contribution in [0.1, 0.15) is 20.8 Å². The second-order valence-electron chi connectivity index (χ2n) is 8.92. The van der Waals surface area contributed by atoms with Gasteiger partial charge in [0.15, 0.2) is 0 Å². The Balaban J connectivity index is 1.60. The van der Waals surface area contributed by atoms with Crippen molar-refractivity contribution >= 4 is 11.8 Å². The van der Waals surface area contributed by atoms with Crippen molar-refractivity contribution in [3.63, 3.8) is 0 Å². The predicted octanol–water partition coefficient (Wildman–Crippen LogP) is 4.35. The van der Waals surface area contributed by atoms with Crippen LogP contribution in [0.5, 0.6) is 0 Å². The molecule has 0 radical (unpaired) electrons. The van der Waals surface area contributed by atoms with E-state index >= 15 is 0 Å². The number of hydrogen-bond donors (Lipinski definition) is 0. The summed E-state index contributed by atoms with van der Waals surface area (Å²) in [5.74, 6) is -0.279. The third kappa shape index (κ3) is 4.90. The van der Waals surface area contributed by atoms with E-state index < -0.39 is 5.60 Å². The lowest BCUT2D eigenvalue weighted by atomic mass is 10.0. The molecule has 3 heterocycles. The summed E-state index contributed by atoms with van der Waals surface area (Å²) in [5.41, 5.74) is 3.82. The number of nitrogens with zero attached hydrogens (tertiary/aromatic N) is 5. The number of halogens is 1. The Labute approximate surface area is 187 Å². The average molecular weight is 438 g/mol. The highest BCUT2D eigenvalue weighted by molar-refractivity contribution is 5.80. The van der Waals surface area contributed by atoms with Gasteiger partial charge in [0.25, 0.3) is 0 Å². The van der Waals surface area contributed by atoms with Crippen molar-refractivity contribution in [2.75, 3.05) is 31.1 Å². The maximum absolute atomic E-state index is 13.4.